The molecule has 6 nitrogen and oxygen atoms in total. The fraction of sp³-hybridized carbons (Fsp3) is 0.429. The molecule has 0 bridgehead atoms. The molecule has 0 aliphatic heterocycles. The Kier molecular flexibility index (Phi) is 8.00. The number of pyridine rings is 1. The summed E-state index contributed by atoms with van der Waals surface area (Å²) in [4.78, 5) is 25.3. The van der Waals surface area contributed by atoms with E-state index in [2.05, 4.69) is 0 Å². The van der Waals surface area contributed by atoms with Gasteiger partial charge in [-0.15, -0.1) is 0 Å². The lowest BCUT2D eigenvalue weighted by Crippen LogP contribution is -2.28. The summed E-state index contributed by atoms with van der Waals surface area (Å²) in [6, 6.07) is 7.65. The van der Waals surface area contributed by atoms with E-state index in [-0.39, 0.29) is 47.1 Å². The number of nitrogens with zero attached hydrogens (tertiary/aromatic N) is 1. The van der Waals surface area contributed by atoms with E-state index in [1.165, 1.54) is 12.3 Å². The molecule has 1 atom stereocenters. The molecule has 0 radical (unpaired) electrons. The topological polar surface area (TPSA) is 88.8 Å². The minimum atomic E-state index is -1.33. The second kappa shape index (κ2) is 11.0. The van der Waals surface area contributed by atoms with E-state index in [9.17, 15) is 24.2 Å². The summed E-state index contributed by atoms with van der Waals surface area (Å²) in [6.45, 7) is 3.55. The molecule has 0 unspecified atom stereocenters. The van der Waals surface area contributed by atoms with Gasteiger partial charge >= 0.3 is 5.97 Å². The molecule has 0 spiro atoms. The van der Waals surface area contributed by atoms with Crippen molar-refractivity contribution in [3.8, 4) is 5.75 Å². The monoisotopic (exact) mass is 515 g/mol. The molecule has 36 heavy (non-hydrogen) atoms. The molecule has 4 rings (SSSR count). The summed E-state index contributed by atoms with van der Waals surface area (Å²) >= 11 is 5.98. The van der Waals surface area contributed by atoms with Gasteiger partial charge in [0.15, 0.2) is 0 Å². The Morgan fingerprint density at radius 3 is 2.56 bits per heavy atom. The van der Waals surface area contributed by atoms with Crippen LogP contribution in [0.15, 0.2) is 41.3 Å². The summed E-state index contributed by atoms with van der Waals surface area (Å²) in [7, 11) is 0. The number of carboxylic acid groups (broad SMARTS) is 1. The second-order valence-electron chi connectivity index (χ2n) is 9.77. The molecule has 1 heterocycles. The number of carbonyl (C=O) groups is 1. The number of halogens is 2. The minimum Gasteiger partial charge on any atom is -0.491 e. The molecule has 3 aromatic rings. The quantitative estimate of drug-likeness (QED) is 0.385. The second-order valence-corrected chi connectivity index (χ2v) is 10.2. The van der Waals surface area contributed by atoms with E-state index in [0.29, 0.717) is 22.4 Å². The van der Waals surface area contributed by atoms with Crippen LogP contribution in [0.2, 0.25) is 5.02 Å². The zero-order valence-corrected chi connectivity index (χ0v) is 21.2. The molecule has 1 aliphatic rings. The van der Waals surface area contributed by atoms with Gasteiger partial charge in [-0.05, 0) is 55.9 Å². The van der Waals surface area contributed by atoms with Gasteiger partial charge in [-0.25, -0.2) is 9.18 Å². The highest BCUT2D eigenvalue weighted by Crippen LogP contribution is 2.36. The van der Waals surface area contributed by atoms with E-state index in [1.807, 2.05) is 13.8 Å². The Morgan fingerprint density at radius 1 is 1.19 bits per heavy atom. The van der Waals surface area contributed by atoms with Gasteiger partial charge in [0.25, 0.3) is 0 Å². The van der Waals surface area contributed by atoms with Crippen molar-refractivity contribution in [2.45, 2.75) is 64.5 Å². The number of benzene rings is 2. The van der Waals surface area contributed by atoms with E-state index < -0.39 is 17.2 Å². The Bertz CT molecular complexity index is 1330. The highest BCUT2D eigenvalue weighted by atomic mass is 35.5. The normalized spacial score (nSPS) is 15.4. The number of aromatic nitrogens is 1. The number of ether oxygens (including phenoxy) is 1. The van der Waals surface area contributed by atoms with Gasteiger partial charge in [-0.2, -0.15) is 0 Å². The fourth-order valence-electron chi connectivity index (χ4n) is 5.22. The number of aromatic carboxylic acids is 1. The van der Waals surface area contributed by atoms with Crippen molar-refractivity contribution in [1.82, 2.24) is 4.57 Å². The average Bonchev–Trinajstić information content (AvgIpc) is 2.84. The third-order valence-corrected chi connectivity index (χ3v) is 7.25. The molecule has 1 saturated carbocycles. The van der Waals surface area contributed by atoms with Crippen LogP contribution in [-0.2, 0) is 6.42 Å². The maximum atomic E-state index is 14.7. The molecule has 2 aromatic carbocycles. The summed E-state index contributed by atoms with van der Waals surface area (Å²) in [5.41, 5.74) is 0.371. The number of rotatable bonds is 8. The molecule has 1 aliphatic carbocycles. The summed E-state index contributed by atoms with van der Waals surface area (Å²) in [5.74, 6) is -1.26. The number of hydrogen-bond acceptors (Lipinski definition) is 4. The maximum absolute atomic E-state index is 14.7. The van der Waals surface area contributed by atoms with Gasteiger partial charge < -0.3 is 19.5 Å². The lowest BCUT2D eigenvalue weighted by atomic mass is 9.83. The molecular weight excluding hydrogens is 485 g/mol. The van der Waals surface area contributed by atoms with Crippen molar-refractivity contribution in [3.63, 3.8) is 0 Å². The highest BCUT2D eigenvalue weighted by molar-refractivity contribution is 6.30. The molecule has 0 amide bonds. The highest BCUT2D eigenvalue weighted by Gasteiger charge is 2.28. The van der Waals surface area contributed by atoms with Crippen molar-refractivity contribution in [3.05, 3.63) is 74.3 Å². The van der Waals surface area contributed by atoms with Gasteiger partial charge in [0.05, 0.1) is 29.3 Å². The predicted octanol–water partition coefficient (Wildman–Crippen LogP) is 5.98. The van der Waals surface area contributed by atoms with Crippen LogP contribution in [-0.4, -0.2) is 33.5 Å². The van der Waals surface area contributed by atoms with Crippen LogP contribution in [0.5, 0.6) is 5.75 Å². The molecule has 8 heteroatoms. The summed E-state index contributed by atoms with van der Waals surface area (Å²) < 4.78 is 22.5. The number of fused-ring (bicyclic) bond motifs is 1. The summed E-state index contributed by atoms with van der Waals surface area (Å²) in [5, 5.41) is 20.4. The van der Waals surface area contributed by atoms with Crippen molar-refractivity contribution in [2.24, 2.45) is 5.92 Å². The number of aliphatic hydroxyl groups is 1. The molecule has 2 N–H and O–H groups in total. The first-order valence-electron chi connectivity index (χ1n) is 12.4. The molecule has 192 valence electrons. The Balaban J connectivity index is 1.96. The fourth-order valence-corrected chi connectivity index (χ4v) is 5.42. The lowest BCUT2D eigenvalue weighted by Gasteiger charge is -2.32. The van der Waals surface area contributed by atoms with Gasteiger partial charge in [0, 0.05) is 24.1 Å². The van der Waals surface area contributed by atoms with Crippen LogP contribution in [0.1, 0.15) is 73.5 Å². The van der Waals surface area contributed by atoms with Gasteiger partial charge in [-0.1, -0.05) is 43.0 Å². The zero-order chi connectivity index (χ0) is 26.0. The van der Waals surface area contributed by atoms with Crippen molar-refractivity contribution in [1.29, 1.82) is 0 Å². The maximum Gasteiger partial charge on any atom is 0.341 e. The Labute approximate surface area is 214 Å². The third kappa shape index (κ3) is 5.27. The Morgan fingerprint density at radius 2 is 1.92 bits per heavy atom. The molecular formula is C28H31ClFNO5. The summed E-state index contributed by atoms with van der Waals surface area (Å²) in [6.07, 6.45) is 6.31. The molecule has 1 fully saturated rings. The van der Waals surface area contributed by atoms with Crippen molar-refractivity contribution < 1.29 is 24.1 Å². The first-order valence-corrected chi connectivity index (χ1v) is 12.7. The lowest BCUT2D eigenvalue weighted by molar-refractivity contribution is 0.0693. The minimum absolute atomic E-state index is 0.00611. The zero-order valence-electron chi connectivity index (χ0n) is 20.5. The van der Waals surface area contributed by atoms with E-state index in [1.54, 1.807) is 28.8 Å². The van der Waals surface area contributed by atoms with Gasteiger partial charge in [0.1, 0.15) is 17.1 Å². The molecule has 1 aromatic heterocycles. The standard InChI is InChI=1S/C28H31ClFNO5/c1-16(2)36-25-13-23-20(12-19(25)11-18-9-6-10-22(29)26(18)30)27(33)21(28(34)35)14-31(23)24(15-32)17-7-4-3-5-8-17/h6,9-10,12-14,16-17,24,32H,3-5,7-8,11,15H2,1-2H3,(H,34,35)/t24-/m1/s1. The van der Waals surface area contributed by atoms with Crippen LogP contribution < -0.4 is 10.2 Å². The number of carboxylic acids is 1. The van der Waals surface area contributed by atoms with Crippen molar-refractivity contribution >= 4 is 28.5 Å². The van der Waals surface area contributed by atoms with Crippen LogP contribution in [0.4, 0.5) is 4.39 Å². The van der Waals surface area contributed by atoms with Crippen LogP contribution in [0.25, 0.3) is 10.9 Å². The molecule has 0 saturated heterocycles. The largest absolute Gasteiger partial charge is 0.491 e. The van der Waals surface area contributed by atoms with E-state index in [4.69, 9.17) is 16.3 Å². The van der Waals surface area contributed by atoms with Gasteiger partial charge in [0.2, 0.25) is 5.43 Å². The average molecular weight is 516 g/mol. The van der Waals surface area contributed by atoms with Gasteiger partial charge in [-0.3, -0.25) is 4.79 Å². The predicted molar refractivity (Wildman–Crippen MR) is 138 cm³/mol. The third-order valence-electron chi connectivity index (χ3n) is 6.96. The first kappa shape index (κ1) is 26.2. The first-order chi connectivity index (χ1) is 17.2. The van der Waals surface area contributed by atoms with E-state index in [0.717, 1.165) is 32.1 Å². The van der Waals surface area contributed by atoms with Crippen molar-refractivity contribution in [2.75, 3.05) is 6.61 Å². The van der Waals surface area contributed by atoms with Crippen LogP contribution in [0.3, 0.4) is 0 Å². The van der Waals surface area contributed by atoms with E-state index >= 15 is 0 Å². The number of hydrogen-bond donors (Lipinski definition) is 2. The van der Waals surface area contributed by atoms with Crippen LogP contribution >= 0.6 is 11.6 Å². The van der Waals surface area contributed by atoms with Crippen LogP contribution in [0, 0.1) is 11.7 Å². The smallest absolute Gasteiger partial charge is 0.341 e. The Hall–Kier alpha value is -2.90. The SMILES string of the molecule is CC(C)Oc1cc2c(cc1Cc1cccc(Cl)c1F)c(=O)c(C(=O)O)cn2[C@H](CO)C1CCCCC1. The number of aliphatic hydroxyl groups excluding tert-OH is 1.